The van der Waals surface area contributed by atoms with Crippen molar-refractivity contribution in [2.75, 3.05) is 0 Å². The minimum absolute atomic E-state index is 0.0408. The summed E-state index contributed by atoms with van der Waals surface area (Å²) in [6.07, 6.45) is 1.68. The molecule has 0 fully saturated rings. The van der Waals surface area contributed by atoms with Gasteiger partial charge in [-0.2, -0.15) is 10.2 Å². The van der Waals surface area contributed by atoms with Gasteiger partial charge in [0.25, 0.3) is 0 Å². The standard InChI is InChI=1S/C21H13ClN2O2S/c22-14-4-3-5-15(12-14)23-24-16-8-9-18(25)13(10-16)11-20-21(26)17-6-1-2-7-19(17)27-20/h1-12,25H. The number of allylic oxidation sites excluding steroid dienone is 1. The predicted molar refractivity (Wildman–Crippen MR) is 108 cm³/mol. The van der Waals surface area contributed by atoms with Crippen molar-refractivity contribution in [3.63, 3.8) is 0 Å². The number of thioether (sulfide) groups is 1. The number of nitrogens with zero attached hydrogens (tertiary/aromatic N) is 2. The third-order valence-electron chi connectivity index (χ3n) is 3.96. The van der Waals surface area contributed by atoms with Crippen LogP contribution in [0.4, 0.5) is 11.4 Å². The highest BCUT2D eigenvalue weighted by Gasteiger charge is 2.25. The van der Waals surface area contributed by atoms with E-state index in [1.54, 1.807) is 48.5 Å². The number of phenols is 1. The predicted octanol–water partition coefficient (Wildman–Crippen LogP) is 6.79. The molecule has 132 valence electrons. The van der Waals surface area contributed by atoms with Crippen LogP contribution in [0.3, 0.4) is 0 Å². The lowest BCUT2D eigenvalue weighted by atomic mass is 10.1. The summed E-state index contributed by atoms with van der Waals surface area (Å²) in [4.78, 5) is 14.0. The average Bonchev–Trinajstić information content (AvgIpc) is 2.98. The number of carbonyl (C=O) groups excluding carboxylic acids is 1. The highest BCUT2D eigenvalue weighted by atomic mass is 35.5. The number of halogens is 1. The topological polar surface area (TPSA) is 62.0 Å². The molecule has 0 amide bonds. The molecule has 3 aromatic rings. The first-order chi connectivity index (χ1) is 13.1. The number of Topliss-reactive ketones (excluding diaryl/α,β-unsaturated/α-hetero) is 1. The van der Waals surface area contributed by atoms with E-state index in [0.717, 1.165) is 4.90 Å². The van der Waals surface area contributed by atoms with Crippen molar-refractivity contribution in [2.45, 2.75) is 4.90 Å². The van der Waals surface area contributed by atoms with Gasteiger partial charge in [0.1, 0.15) is 5.75 Å². The molecule has 0 saturated carbocycles. The molecule has 0 radical (unpaired) electrons. The quantitative estimate of drug-likeness (QED) is 0.394. The molecule has 1 aliphatic heterocycles. The fraction of sp³-hybridized carbons (Fsp3) is 0. The first kappa shape index (κ1) is 17.5. The van der Waals surface area contributed by atoms with Crippen molar-refractivity contribution in [3.8, 4) is 5.75 Å². The second kappa shape index (κ2) is 7.39. The number of carbonyl (C=O) groups is 1. The Morgan fingerprint density at radius 1 is 0.926 bits per heavy atom. The smallest absolute Gasteiger partial charge is 0.200 e. The minimum Gasteiger partial charge on any atom is -0.507 e. The molecule has 0 atom stereocenters. The van der Waals surface area contributed by atoms with Crippen molar-refractivity contribution in [2.24, 2.45) is 10.2 Å². The van der Waals surface area contributed by atoms with Crippen LogP contribution in [-0.2, 0) is 0 Å². The van der Waals surface area contributed by atoms with Gasteiger partial charge in [-0.3, -0.25) is 4.79 Å². The molecule has 3 aromatic carbocycles. The zero-order chi connectivity index (χ0) is 18.8. The Balaban J connectivity index is 1.63. The number of fused-ring (bicyclic) bond motifs is 1. The van der Waals surface area contributed by atoms with E-state index in [-0.39, 0.29) is 11.5 Å². The highest BCUT2D eigenvalue weighted by molar-refractivity contribution is 8.04. The molecule has 0 aliphatic carbocycles. The van der Waals surface area contributed by atoms with Gasteiger partial charge in [0, 0.05) is 21.0 Å². The Morgan fingerprint density at radius 2 is 1.70 bits per heavy atom. The van der Waals surface area contributed by atoms with Gasteiger partial charge in [0.2, 0.25) is 5.78 Å². The van der Waals surface area contributed by atoms with Crippen LogP contribution in [0.5, 0.6) is 5.75 Å². The van der Waals surface area contributed by atoms with Crippen LogP contribution < -0.4 is 0 Å². The maximum Gasteiger partial charge on any atom is 0.200 e. The fourth-order valence-corrected chi connectivity index (χ4v) is 3.88. The number of azo groups is 1. The Kier molecular flexibility index (Phi) is 4.79. The Bertz CT molecular complexity index is 1110. The summed E-state index contributed by atoms with van der Waals surface area (Å²) in [6, 6.07) is 19.4. The molecule has 0 bridgehead atoms. The normalized spacial score (nSPS) is 14.9. The van der Waals surface area contributed by atoms with E-state index >= 15 is 0 Å². The molecule has 6 heteroatoms. The van der Waals surface area contributed by atoms with E-state index in [4.69, 9.17) is 11.6 Å². The molecule has 0 unspecified atom stereocenters. The third kappa shape index (κ3) is 3.79. The molecule has 0 aromatic heterocycles. The molecule has 4 nitrogen and oxygen atoms in total. The summed E-state index contributed by atoms with van der Waals surface area (Å²) in [5.74, 6) is 0.0366. The zero-order valence-corrected chi connectivity index (χ0v) is 15.5. The fourth-order valence-electron chi connectivity index (χ4n) is 2.65. The summed E-state index contributed by atoms with van der Waals surface area (Å²) in [6.45, 7) is 0. The Hall–Kier alpha value is -2.89. The molecule has 27 heavy (non-hydrogen) atoms. The largest absolute Gasteiger partial charge is 0.507 e. The summed E-state index contributed by atoms with van der Waals surface area (Å²) in [5.41, 5.74) is 2.39. The lowest BCUT2D eigenvalue weighted by Gasteiger charge is -2.02. The van der Waals surface area contributed by atoms with Crippen LogP contribution in [-0.4, -0.2) is 10.9 Å². The van der Waals surface area contributed by atoms with E-state index in [9.17, 15) is 9.90 Å². The average molecular weight is 393 g/mol. The maximum atomic E-state index is 12.5. The number of hydrogen-bond donors (Lipinski definition) is 1. The monoisotopic (exact) mass is 392 g/mol. The molecule has 0 spiro atoms. The zero-order valence-electron chi connectivity index (χ0n) is 14.0. The Morgan fingerprint density at radius 3 is 2.48 bits per heavy atom. The number of rotatable bonds is 3. The summed E-state index contributed by atoms with van der Waals surface area (Å²) >= 11 is 7.34. The molecule has 0 saturated heterocycles. The van der Waals surface area contributed by atoms with E-state index in [1.165, 1.54) is 17.8 Å². The Labute approximate surface area is 165 Å². The van der Waals surface area contributed by atoms with Gasteiger partial charge in [-0.15, -0.1) is 0 Å². The molecular weight excluding hydrogens is 380 g/mol. The third-order valence-corrected chi connectivity index (χ3v) is 5.30. The lowest BCUT2D eigenvalue weighted by Crippen LogP contribution is -1.93. The van der Waals surface area contributed by atoms with Crippen molar-refractivity contribution in [1.29, 1.82) is 0 Å². The molecular formula is C21H13ClN2O2S. The van der Waals surface area contributed by atoms with Gasteiger partial charge < -0.3 is 5.11 Å². The van der Waals surface area contributed by atoms with Gasteiger partial charge >= 0.3 is 0 Å². The molecule has 1 N–H and O–H groups in total. The van der Waals surface area contributed by atoms with Gasteiger partial charge in [-0.05, 0) is 54.6 Å². The van der Waals surface area contributed by atoms with Crippen molar-refractivity contribution in [1.82, 2.24) is 0 Å². The molecule has 1 heterocycles. The van der Waals surface area contributed by atoms with Crippen LogP contribution in [0.2, 0.25) is 5.02 Å². The van der Waals surface area contributed by atoms with Crippen molar-refractivity contribution < 1.29 is 9.90 Å². The van der Waals surface area contributed by atoms with E-state index in [0.29, 0.717) is 32.4 Å². The summed E-state index contributed by atoms with van der Waals surface area (Å²) in [5, 5.41) is 19.1. The number of hydrogen-bond acceptors (Lipinski definition) is 5. The SMILES string of the molecule is O=C1C(=Cc2cc(N=Nc3cccc(Cl)c3)ccc2O)Sc2ccccc21. The van der Waals surface area contributed by atoms with E-state index in [1.807, 2.05) is 18.2 Å². The van der Waals surface area contributed by atoms with Crippen LogP contribution in [0.25, 0.3) is 6.08 Å². The van der Waals surface area contributed by atoms with Gasteiger partial charge in [0.15, 0.2) is 0 Å². The first-order valence-electron chi connectivity index (χ1n) is 8.14. The van der Waals surface area contributed by atoms with E-state index in [2.05, 4.69) is 10.2 Å². The molecule has 4 rings (SSSR count). The van der Waals surface area contributed by atoms with Gasteiger partial charge in [0.05, 0.1) is 16.3 Å². The maximum absolute atomic E-state index is 12.5. The van der Waals surface area contributed by atoms with Crippen LogP contribution in [0.1, 0.15) is 15.9 Å². The van der Waals surface area contributed by atoms with Crippen LogP contribution in [0.15, 0.2) is 86.8 Å². The lowest BCUT2D eigenvalue weighted by molar-refractivity contribution is 0.104. The minimum atomic E-state index is -0.0408. The second-order valence-corrected chi connectivity index (χ2v) is 7.38. The second-order valence-electron chi connectivity index (χ2n) is 5.86. The van der Waals surface area contributed by atoms with Crippen molar-refractivity contribution >= 4 is 46.6 Å². The van der Waals surface area contributed by atoms with Crippen LogP contribution >= 0.6 is 23.4 Å². The number of aromatic hydroxyl groups is 1. The number of benzene rings is 3. The first-order valence-corrected chi connectivity index (χ1v) is 9.33. The molecule has 1 aliphatic rings. The van der Waals surface area contributed by atoms with E-state index < -0.39 is 0 Å². The van der Waals surface area contributed by atoms with Gasteiger partial charge in [-0.1, -0.05) is 41.6 Å². The summed E-state index contributed by atoms with van der Waals surface area (Å²) < 4.78 is 0. The van der Waals surface area contributed by atoms with Gasteiger partial charge in [-0.25, -0.2) is 0 Å². The van der Waals surface area contributed by atoms with Crippen LogP contribution in [0, 0.1) is 0 Å². The summed E-state index contributed by atoms with van der Waals surface area (Å²) in [7, 11) is 0. The number of ketones is 1. The number of phenolic OH excluding ortho intramolecular Hbond substituents is 1. The highest BCUT2D eigenvalue weighted by Crippen LogP contribution is 2.41. The van der Waals surface area contributed by atoms with Crippen molar-refractivity contribution in [3.05, 3.63) is 87.8 Å².